The number of halogens is 5. The van der Waals surface area contributed by atoms with Crippen molar-refractivity contribution in [3.05, 3.63) is 41.2 Å². The first kappa shape index (κ1) is 17.7. The number of hydrogen-bond donors (Lipinski definition) is 0. The lowest BCUT2D eigenvalue weighted by molar-refractivity contribution is -0.141. The number of pyridine rings is 1. The third-order valence-corrected chi connectivity index (χ3v) is 4.31. The van der Waals surface area contributed by atoms with E-state index in [0.717, 1.165) is 12.4 Å². The summed E-state index contributed by atoms with van der Waals surface area (Å²) >= 11 is 5.70. The first-order valence-corrected chi connectivity index (χ1v) is 7.81. The van der Waals surface area contributed by atoms with Crippen molar-refractivity contribution >= 4 is 23.2 Å². The van der Waals surface area contributed by atoms with Crippen LogP contribution in [0.25, 0.3) is 0 Å². The van der Waals surface area contributed by atoms with Gasteiger partial charge < -0.3 is 9.80 Å². The number of rotatable bonds is 3. The van der Waals surface area contributed by atoms with E-state index in [1.54, 1.807) is 16.8 Å². The van der Waals surface area contributed by atoms with Gasteiger partial charge in [-0.05, 0) is 12.5 Å². The summed E-state index contributed by atoms with van der Waals surface area (Å²) in [6.45, 7) is 0.936. The molecular formula is C15H14ClF4N5. The van der Waals surface area contributed by atoms with Crippen LogP contribution in [0, 0.1) is 5.82 Å². The molecule has 3 rings (SSSR count). The van der Waals surface area contributed by atoms with Crippen LogP contribution in [0.4, 0.5) is 29.2 Å². The number of alkyl halides is 3. The molecule has 0 radical (unpaired) electrons. The Labute approximate surface area is 146 Å². The first-order valence-electron chi connectivity index (χ1n) is 7.44. The van der Waals surface area contributed by atoms with Gasteiger partial charge in [-0.2, -0.15) is 13.2 Å². The minimum absolute atomic E-state index is 0.132. The van der Waals surface area contributed by atoms with E-state index in [4.69, 9.17) is 11.6 Å². The second-order valence-electron chi connectivity index (χ2n) is 5.72. The predicted molar refractivity (Wildman–Crippen MR) is 85.3 cm³/mol. The average Bonchev–Trinajstić information content (AvgIpc) is 3.03. The Bertz CT molecular complexity index is 770. The van der Waals surface area contributed by atoms with E-state index in [9.17, 15) is 17.6 Å². The normalized spacial score (nSPS) is 17.8. The molecule has 1 saturated heterocycles. The van der Waals surface area contributed by atoms with Gasteiger partial charge in [0.2, 0.25) is 0 Å². The number of likely N-dealkylation sites (N-methyl/N-ethyl adjacent to an activating group) is 1. The summed E-state index contributed by atoms with van der Waals surface area (Å²) in [5.41, 5.74) is -0.996. The second-order valence-corrected chi connectivity index (χ2v) is 6.15. The van der Waals surface area contributed by atoms with E-state index in [0.29, 0.717) is 19.5 Å². The number of hydrogen-bond acceptors (Lipinski definition) is 5. The zero-order valence-corrected chi connectivity index (χ0v) is 13.9. The molecule has 25 heavy (non-hydrogen) atoms. The van der Waals surface area contributed by atoms with E-state index in [1.165, 1.54) is 12.3 Å². The molecule has 0 saturated carbocycles. The average molecular weight is 376 g/mol. The van der Waals surface area contributed by atoms with Crippen LogP contribution in [0.5, 0.6) is 0 Å². The molecule has 0 N–H and O–H groups in total. The maximum Gasteiger partial charge on any atom is 0.433 e. The van der Waals surface area contributed by atoms with E-state index in [2.05, 4.69) is 15.0 Å². The highest BCUT2D eigenvalue weighted by Gasteiger charge is 2.34. The molecule has 1 aliphatic heterocycles. The standard InChI is InChI=1S/C15H14ClF4N5/c1-24(13-5-12(15(18,19)20)22-8-23-13)10-2-3-25(7-10)14-11(17)4-9(16)6-21-14/h4-6,8,10H,2-3,7H2,1H3. The summed E-state index contributed by atoms with van der Waals surface area (Å²) < 4.78 is 52.4. The molecule has 1 unspecified atom stereocenters. The van der Waals surface area contributed by atoms with Gasteiger partial charge in [0.05, 0.1) is 5.02 Å². The Morgan fingerprint density at radius 3 is 2.68 bits per heavy atom. The molecule has 0 aliphatic carbocycles. The molecular weight excluding hydrogens is 362 g/mol. The van der Waals surface area contributed by atoms with Gasteiger partial charge in [0.15, 0.2) is 11.6 Å². The minimum Gasteiger partial charge on any atom is -0.355 e. The molecule has 10 heteroatoms. The van der Waals surface area contributed by atoms with Crippen molar-refractivity contribution in [2.45, 2.75) is 18.6 Å². The quantitative estimate of drug-likeness (QED) is 0.769. The first-order chi connectivity index (χ1) is 11.8. The lowest BCUT2D eigenvalue weighted by Crippen LogP contribution is -2.35. The zero-order valence-electron chi connectivity index (χ0n) is 13.1. The molecule has 3 heterocycles. The topological polar surface area (TPSA) is 45.2 Å². The molecule has 1 fully saturated rings. The number of anilines is 2. The smallest absolute Gasteiger partial charge is 0.355 e. The molecule has 0 spiro atoms. The monoisotopic (exact) mass is 375 g/mol. The van der Waals surface area contributed by atoms with Crippen LogP contribution in [-0.2, 0) is 6.18 Å². The molecule has 2 aromatic rings. The summed E-state index contributed by atoms with van der Waals surface area (Å²) in [6, 6.07) is 1.96. The van der Waals surface area contributed by atoms with Crippen molar-refractivity contribution < 1.29 is 17.6 Å². The van der Waals surface area contributed by atoms with Gasteiger partial charge in [0, 0.05) is 38.4 Å². The van der Waals surface area contributed by atoms with E-state index in [-0.39, 0.29) is 22.7 Å². The van der Waals surface area contributed by atoms with Crippen molar-refractivity contribution in [3.63, 3.8) is 0 Å². The van der Waals surface area contributed by atoms with Gasteiger partial charge in [0.1, 0.15) is 17.8 Å². The van der Waals surface area contributed by atoms with E-state index < -0.39 is 17.7 Å². The third-order valence-electron chi connectivity index (χ3n) is 4.10. The molecule has 5 nitrogen and oxygen atoms in total. The van der Waals surface area contributed by atoms with Gasteiger partial charge in [-0.3, -0.25) is 0 Å². The Morgan fingerprint density at radius 2 is 2.00 bits per heavy atom. The summed E-state index contributed by atoms with van der Waals surface area (Å²) in [4.78, 5) is 14.5. The molecule has 0 bridgehead atoms. The molecule has 2 aromatic heterocycles. The third kappa shape index (κ3) is 3.76. The zero-order chi connectivity index (χ0) is 18.2. The molecule has 0 amide bonds. The van der Waals surface area contributed by atoms with Gasteiger partial charge >= 0.3 is 6.18 Å². The number of nitrogens with zero attached hydrogens (tertiary/aromatic N) is 5. The van der Waals surface area contributed by atoms with Crippen LogP contribution >= 0.6 is 11.6 Å². The van der Waals surface area contributed by atoms with Crippen molar-refractivity contribution in [2.24, 2.45) is 0 Å². The van der Waals surface area contributed by atoms with Crippen LogP contribution in [0.2, 0.25) is 5.02 Å². The Hall–Kier alpha value is -2.16. The molecule has 1 aliphatic rings. The highest BCUT2D eigenvalue weighted by molar-refractivity contribution is 6.30. The fourth-order valence-electron chi connectivity index (χ4n) is 2.77. The van der Waals surface area contributed by atoms with Gasteiger partial charge in [-0.15, -0.1) is 0 Å². The van der Waals surface area contributed by atoms with Crippen LogP contribution in [-0.4, -0.2) is 41.1 Å². The van der Waals surface area contributed by atoms with E-state index >= 15 is 0 Å². The highest BCUT2D eigenvalue weighted by Crippen LogP contribution is 2.30. The fourth-order valence-corrected chi connectivity index (χ4v) is 2.92. The summed E-state index contributed by atoms with van der Waals surface area (Å²) in [5.74, 6) is -0.185. The summed E-state index contributed by atoms with van der Waals surface area (Å²) in [6.07, 6.45) is -1.65. The predicted octanol–water partition coefficient (Wildman–Crippen LogP) is 3.40. The maximum absolute atomic E-state index is 14.0. The molecule has 0 aromatic carbocycles. The van der Waals surface area contributed by atoms with Crippen LogP contribution < -0.4 is 9.80 Å². The Kier molecular flexibility index (Phi) is 4.68. The SMILES string of the molecule is CN(c1cc(C(F)(F)F)ncn1)C1CCN(c2ncc(Cl)cc2F)C1. The molecule has 134 valence electrons. The van der Waals surface area contributed by atoms with E-state index in [1.807, 2.05) is 0 Å². The lowest BCUT2D eigenvalue weighted by atomic mass is 10.2. The fraction of sp³-hybridized carbons (Fsp3) is 0.400. The van der Waals surface area contributed by atoms with Crippen molar-refractivity contribution in [3.8, 4) is 0 Å². The lowest BCUT2D eigenvalue weighted by Gasteiger charge is -2.26. The minimum atomic E-state index is -4.53. The van der Waals surface area contributed by atoms with Crippen molar-refractivity contribution in [1.29, 1.82) is 0 Å². The van der Waals surface area contributed by atoms with Crippen molar-refractivity contribution in [1.82, 2.24) is 15.0 Å². The largest absolute Gasteiger partial charge is 0.433 e. The molecule has 1 atom stereocenters. The second kappa shape index (κ2) is 6.62. The van der Waals surface area contributed by atoms with Crippen LogP contribution in [0.15, 0.2) is 24.7 Å². The highest BCUT2D eigenvalue weighted by atomic mass is 35.5. The Balaban J connectivity index is 1.75. The van der Waals surface area contributed by atoms with Crippen LogP contribution in [0.3, 0.4) is 0 Å². The summed E-state index contributed by atoms with van der Waals surface area (Å²) in [7, 11) is 1.66. The van der Waals surface area contributed by atoms with Gasteiger partial charge in [-0.1, -0.05) is 11.6 Å². The van der Waals surface area contributed by atoms with Crippen molar-refractivity contribution in [2.75, 3.05) is 29.9 Å². The Morgan fingerprint density at radius 1 is 1.24 bits per heavy atom. The van der Waals surface area contributed by atoms with Crippen LogP contribution in [0.1, 0.15) is 12.1 Å². The van der Waals surface area contributed by atoms with Gasteiger partial charge in [0.25, 0.3) is 0 Å². The number of aromatic nitrogens is 3. The maximum atomic E-state index is 14.0. The van der Waals surface area contributed by atoms with Gasteiger partial charge in [-0.25, -0.2) is 19.3 Å². The summed E-state index contributed by atoms with van der Waals surface area (Å²) in [5, 5.41) is 0.204.